The molecule has 38 heavy (non-hydrogen) atoms. The Morgan fingerprint density at radius 1 is 0.974 bits per heavy atom. The van der Waals surface area contributed by atoms with E-state index in [2.05, 4.69) is 10.6 Å². The lowest BCUT2D eigenvalue weighted by Crippen LogP contribution is -2.48. The van der Waals surface area contributed by atoms with Gasteiger partial charge in [0.2, 0.25) is 18.6 Å². The fourth-order valence-electron chi connectivity index (χ4n) is 4.54. The minimum atomic E-state index is -0.948. The van der Waals surface area contributed by atoms with Crippen LogP contribution < -0.4 is 20.1 Å². The highest BCUT2D eigenvalue weighted by Gasteiger charge is 2.33. The first-order valence-electron chi connectivity index (χ1n) is 12.5. The Morgan fingerprint density at radius 2 is 1.82 bits per heavy atom. The molecule has 10 heteroatoms. The number of nitrogens with one attached hydrogen (secondary N) is 2. The van der Waals surface area contributed by atoms with Crippen molar-refractivity contribution in [3.05, 3.63) is 83.8 Å². The highest BCUT2D eigenvalue weighted by Crippen LogP contribution is 2.34. The molecule has 5 rings (SSSR count). The number of carbonyl (C=O) groups is 3. The number of ether oxygens (including phenoxy) is 3. The first-order valence-corrected chi connectivity index (χ1v) is 12.5. The van der Waals surface area contributed by atoms with Crippen molar-refractivity contribution in [1.82, 2.24) is 15.5 Å². The first kappa shape index (κ1) is 25.3. The van der Waals surface area contributed by atoms with Gasteiger partial charge in [-0.3, -0.25) is 14.4 Å². The van der Waals surface area contributed by atoms with E-state index in [0.29, 0.717) is 30.2 Å². The first-order chi connectivity index (χ1) is 18.6. The number of furan rings is 1. The lowest BCUT2D eigenvalue weighted by Gasteiger charge is -2.32. The van der Waals surface area contributed by atoms with Gasteiger partial charge in [0.25, 0.3) is 5.91 Å². The zero-order chi connectivity index (χ0) is 26.3. The van der Waals surface area contributed by atoms with Gasteiger partial charge in [0.05, 0.1) is 18.9 Å². The molecule has 3 amide bonds. The Morgan fingerprint density at radius 3 is 2.58 bits per heavy atom. The van der Waals surface area contributed by atoms with Crippen molar-refractivity contribution in [3.63, 3.8) is 0 Å². The predicted octanol–water partition coefficient (Wildman–Crippen LogP) is 2.80. The minimum Gasteiger partial charge on any atom is -0.459 e. The van der Waals surface area contributed by atoms with Gasteiger partial charge in [-0.05, 0) is 48.2 Å². The van der Waals surface area contributed by atoms with Crippen LogP contribution in [0.3, 0.4) is 0 Å². The second-order valence-corrected chi connectivity index (χ2v) is 9.06. The molecule has 0 aliphatic carbocycles. The van der Waals surface area contributed by atoms with Crippen molar-refractivity contribution in [2.24, 2.45) is 0 Å². The molecule has 0 saturated carbocycles. The van der Waals surface area contributed by atoms with Gasteiger partial charge in [0.1, 0.15) is 6.04 Å². The summed E-state index contributed by atoms with van der Waals surface area (Å²) in [5, 5.41) is 5.56. The second-order valence-electron chi connectivity index (χ2n) is 9.06. The quantitative estimate of drug-likeness (QED) is 0.423. The molecule has 0 unspecified atom stereocenters. The third-order valence-electron chi connectivity index (χ3n) is 6.46. The van der Waals surface area contributed by atoms with Gasteiger partial charge in [-0.2, -0.15) is 0 Å². The van der Waals surface area contributed by atoms with Gasteiger partial charge in [-0.15, -0.1) is 0 Å². The fraction of sp³-hybridized carbons (Fsp3) is 0.321. The van der Waals surface area contributed by atoms with Gasteiger partial charge >= 0.3 is 0 Å². The van der Waals surface area contributed by atoms with Crippen molar-refractivity contribution < 1.29 is 33.0 Å². The Kier molecular flexibility index (Phi) is 7.89. The van der Waals surface area contributed by atoms with Crippen molar-refractivity contribution in [2.45, 2.75) is 31.5 Å². The molecule has 0 radical (unpaired) electrons. The second kappa shape index (κ2) is 11.8. The topological polar surface area (TPSA) is 119 Å². The molecule has 2 aromatic carbocycles. The Hall–Kier alpha value is -4.31. The number of benzene rings is 2. The molecule has 198 valence electrons. The van der Waals surface area contributed by atoms with Crippen LogP contribution in [0.4, 0.5) is 0 Å². The fourth-order valence-corrected chi connectivity index (χ4v) is 4.54. The average molecular weight is 520 g/mol. The molecule has 3 heterocycles. The smallest absolute Gasteiger partial charge is 0.287 e. The average Bonchev–Trinajstić information content (AvgIpc) is 3.73. The third-order valence-corrected chi connectivity index (χ3v) is 6.46. The number of rotatable bonds is 10. The molecule has 3 aromatic rings. The molecular weight excluding hydrogens is 490 g/mol. The highest BCUT2D eigenvalue weighted by atomic mass is 16.7. The van der Waals surface area contributed by atoms with Gasteiger partial charge < -0.3 is 34.2 Å². The van der Waals surface area contributed by atoms with Crippen molar-refractivity contribution >= 4 is 17.7 Å². The van der Waals surface area contributed by atoms with Crippen LogP contribution in [0.2, 0.25) is 0 Å². The van der Waals surface area contributed by atoms with Crippen LogP contribution in [-0.4, -0.2) is 55.2 Å². The summed E-state index contributed by atoms with van der Waals surface area (Å²) in [6.07, 6.45) is 3.15. The molecule has 1 saturated heterocycles. The molecule has 2 atom stereocenters. The van der Waals surface area contributed by atoms with E-state index in [4.69, 9.17) is 18.6 Å². The number of hydrogen-bond donors (Lipinski definition) is 2. The van der Waals surface area contributed by atoms with Gasteiger partial charge in [-0.25, -0.2) is 0 Å². The normalized spacial score (nSPS) is 16.6. The number of hydrogen-bond acceptors (Lipinski definition) is 7. The van der Waals surface area contributed by atoms with Gasteiger partial charge in [0.15, 0.2) is 17.3 Å². The van der Waals surface area contributed by atoms with E-state index in [9.17, 15) is 14.4 Å². The van der Waals surface area contributed by atoms with Crippen LogP contribution in [0.1, 0.15) is 40.6 Å². The van der Waals surface area contributed by atoms with Crippen molar-refractivity contribution in [2.75, 3.05) is 26.5 Å². The van der Waals surface area contributed by atoms with E-state index < -0.39 is 17.9 Å². The molecule has 0 spiro atoms. The summed E-state index contributed by atoms with van der Waals surface area (Å²) in [5.74, 6) is -0.0206. The number of carbonyl (C=O) groups excluding carboxylic acids is 3. The molecule has 2 aliphatic heterocycles. The Labute approximate surface area is 219 Å². The molecular formula is C28H29N3O7. The van der Waals surface area contributed by atoms with E-state index in [1.165, 1.54) is 17.2 Å². The molecule has 10 nitrogen and oxygen atoms in total. The van der Waals surface area contributed by atoms with Crippen molar-refractivity contribution in [1.29, 1.82) is 0 Å². The van der Waals surface area contributed by atoms with E-state index in [-0.39, 0.29) is 37.7 Å². The zero-order valence-electron chi connectivity index (χ0n) is 20.8. The summed E-state index contributed by atoms with van der Waals surface area (Å²) >= 11 is 0. The summed E-state index contributed by atoms with van der Waals surface area (Å²) in [5.41, 5.74) is 1.39. The van der Waals surface area contributed by atoms with Crippen LogP contribution in [-0.2, 0) is 20.9 Å². The molecule has 2 N–H and O–H groups in total. The summed E-state index contributed by atoms with van der Waals surface area (Å²) in [4.78, 5) is 41.2. The van der Waals surface area contributed by atoms with E-state index in [1.807, 2.05) is 24.3 Å². The summed E-state index contributed by atoms with van der Waals surface area (Å²) in [6, 6.07) is 16.6. The Bertz CT molecular complexity index is 1260. The van der Waals surface area contributed by atoms with E-state index in [0.717, 1.165) is 18.4 Å². The molecule has 0 bridgehead atoms. The predicted molar refractivity (Wildman–Crippen MR) is 135 cm³/mol. The maximum atomic E-state index is 13.7. The summed E-state index contributed by atoms with van der Waals surface area (Å²) in [6.45, 7) is 0.917. The minimum absolute atomic E-state index is 0.0547. The number of fused-ring (bicyclic) bond motifs is 1. The van der Waals surface area contributed by atoms with Crippen molar-refractivity contribution in [3.8, 4) is 11.5 Å². The van der Waals surface area contributed by atoms with Gasteiger partial charge in [-0.1, -0.05) is 36.4 Å². The third kappa shape index (κ3) is 5.97. The Balaban J connectivity index is 1.41. The van der Waals surface area contributed by atoms with Crippen LogP contribution in [0.15, 0.2) is 71.3 Å². The summed E-state index contributed by atoms with van der Waals surface area (Å²) in [7, 11) is 0. The largest absolute Gasteiger partial charge is 0.459 e. The standard InChI is InChI=1S/C28H29N3O7/c32-25(16-30-27(33)23-9-5-13-36-23)31(17-19-10-11-22-24(14-19)38-18-37-22)26(20-6-2-1-3-7-20)28(34)29-15-21-8-4-12-35-21/h1-3,5-7,9-11,13-14,21,26H,4,8,12,15-18H2,(H,29,34)(H,30,33)/t21-,26+/m0/s1. The zero-order valence-corrected chi connectivity index (χ0v) is 20.8. The SMILES string of the molecule is O=C(NCC(=O)N(Cc1ccc2c(c1)OCO2)[C@@H](C(=O)NC[C@@H]1CCCO1)c1ccccc1)c1ccco1. The highest BCUT2D eigenvalue weighted by molar-refractivity contribution is 5.95. The summed E-state index contributed by atoms with van der Waals surface area (Å²) < 4.78 is 21.7. The van der Waals surface area contributed by atoms with Crippen LogP contribution >= 0.6 is 0 Å². The maximum Gasteiger partial charge on any atom is 0.287 e. The molecule has 2 aliphatic rings. The molecule has 1 fully saturated rings. The number of nitrogens with zero attached hydrogens (tertiary/aromatic N) is 1. The van der Waals surface area contributed by atoms with Crippen LogP contribution in [0.25, 0.3) is 0 Å². The van der Waals surface area contributed by atoms with E-state index >= 15 is 0 Å². The number of amides is 3. The maximum absolute atomic E-state index is 13.7. The lowest BCUT2D eigenvalue weighted by atomic mass is 10.0. The van der Waals surface area contributed by atoms with Gasteiger partial charge in [0, 0.05) is 19.7 Å². The lowest BCUT2D eigenvalue weighted by molar-refractivity contribution is -0.141. The van der Waals surface area contributed by atoms with Crippen LogP contribution in [0.5, 0.6) is 11.5 Å². The van der Waals surface area contributed by atoms with Crippen LogP contribution in [0, 0.1) is 0 Å². The molecule has 1 aromatic heterocycles. The van der Waals surface area contributed by atoms with E-state index in [1.54, 1.807) is 30.3 Å². The monoisotopic (exact) mass is 519 g/mol.